The molecule has 2 aliphatic rings. The molecule has 0 radical (unpaired) electrons. The Bertz CT molecular complexity index is 1340. The van der Waals surface area contributed by atoms with Crippen molar-refractivity contribution >= 4 is 0 Å². The maximum atomic E-state index is 13.3. The Morgan fingerprint density at radius 3 is 2.32 bits per heavy atom. The van der Waals surface area contributed by atoms with Gasteiger partial charge in [0.15, 0.2) is 5.82 Å². The van der Waals surface area contributed by atoms with E-state index in [9.17, 15) is 4.79 Å². The molecule has 3 heterocycles. The standard InChI is InChI=1S/C26H22N4O/c1-18-12-13-20(16-27-18)15-23-26(31)30-17-24(21-10-6-3-7-11-21)28-22(25(30)29-23)14-19-8-4-2-5-9-19/h2-13,16-17,28H,14-15H2,1H3. The highest BCUT2D eigenvalue weighted by Gasteiger charge is 2.20. The Kier molecular flexibility index (Phi) is 4.92. The second kappa shape index (κ2) is 8.03. The van der Waals surface area contributed by atoms with E-state index in [0.717, 1.165) is 33.8 Å². The van der Waals surface area contributed by atoms with Crippen LogP contribution in [0.3, 0.4) is 0 Å². The predicted octanol–water partition coefficient (Wildman–Crippen LogP) is 4.55. The van der Waals surface area contributed by atoms with Crippen LogP contribution >= 0.6 is 0 Å². The van der Waals surface area contributed by atoms with Gasteiger partial charge < -0.3 is 4.98 Å². The lowest BCUT2D eigenvalue weighted by Crippen LogP contribution is -2.17. The summed E-state index contributed by atoms with van der Waals surface area (Å²) in [7, 11) is 0. The van der Waals surface area contributed by atoms with Crippen LogP contribution in [0.5, 0.6) is 0 Å². The summed E-state index contributed by atoms with van der Waals surface area (Å²) in [6, 6.07) is 24.2. The number of aromatic amines is 1. The van der Waals surface area contributed by atoms with Crippen molar-refractivity contribution in [1.29, 1.82) is 0 Å². The van der Waals surface area contributed by atoms with E-state index in [1.165, 1.54) is 0 Å². The lowest BCUT2D eigenvalue weighted by atomic mass is 10.1. The first kappa shape index (κ1) is 19.0. The number of H-pyrrole nitrogens is 1. The lowest BCUT2D eigenvalue weighted by molar-refractivity contribution is 0.914. The van der Waals surface area contributed by atoms with Crippen LogP contribution in [0.15, 0.2) is 90.0 Å². The first-order valence-corrected chi connectivity index (χ1v) is 10.3. The van der Waals surface area contributed by atoms with Crippen molar-refractivity contribution in [2.45, 2.75) is 19.8 Å². The number of hydrogen-bond acceptors (Lipinski definition) is 3. The summed E-state index contributed by atoms with van der Waals surface area (Å²) in [5.41, 5.74) is 6.35. The second-order valence-corrected chi connectivity index (χ2v) is 7.72. The molecule has 0 spiro atoms. The van der Waals surface area contributed by atoms with Gasteiger partial charge in [-0.2, -0.15) is 0 Å². The van der Waals surface area contributed by atoms with Gasteiger partial charge in [0.1, 0.15) is 5.69 Å². The minimum Gasteiger partial charge on any atom is -0.354 e. The van der Waals surface area contributed by atoms with Gasteiger partial charge in [-0.15, -0.1) is 0 Å². The van der Waals surface area contributed by atoms with E-state index in [0.29, 0.717) is 24.4 Å². The quantitative estimate of drug-likeness (QED) is 0.466. The van der Waals surface area contributed by atoms with Crippen LogP contribution in [0.25, 0.3) is 17.1 Å². The number of nitrogens with one attached hydrogen (secondary N) is 1. The number of fused-ring (bicyclic) bond motifs is 1. The molecule has 0 aliphatic carbocycles. The summed E-state index contributed by atoms with van der Waals surface area (Å²) < 4.78 is 1.67. The molecule has 2 aromatic carbocycles. The molecule has 1 aromatic heterocycles. The SMILES string of the molecule is Cc1ccc(Cc2nc3c(Cc4ccccc4)[nH]c(-c4ccccc4)cn-3c2=O)cn1. The van der Waals surface area contributed by atoms with E-state index < -0.39 is 0 Å². The van der Waals surface area contributed by atoms with Crippen molar-refractivity contribution < 1.29 is 0 Å². The Morgan fingerprint density at radius 2 is 1.61 bits per heavy atom. The van der Waals surface area contributed by atoms with Crippen LogP contribution in [0.2, 0.25) is 0 Å². The molecule has 2 aliphatic heterocycles. The molecule has 0 amide bonds. The molecule has 0 saturated carbocycles. The Balaban J connectivity index is 1.63. The minimum absolute atomic E-state index is 0.0870. The Morgan fingerprint density at radius 1 is 0.871 bits per heavy atom. The summed E-state index contributed by atoms with van der Waals surface area (Å²) in [6.07, 6.45) is 4.78. The van der Waals surface area contributed by atoms with Gasteiger partial charge in [-0.05, 0) is 29.7 Å². The fraction of sp³-hybridized carbons (Fsp3) is 0.115. The number of rotatable bonds is 5. The Labute approximate surface area is 180 Å². The van der Waals surface area contributed by atoms with Crippen molar-refractivity contribution in [2.75, 3.05) is 0 Å². The van der Waals surface area contributed by atoms with E-state index in [4.69, 9.17) is 4.98 Å². The number of aromatic nitrogens is 4. The van der Waals surface area contributed by atoms with Crippen molar-refractivity contribution in [3.8, 4) is 17.1 Å². The summed E-state index contributed by atoms with van der Waals surface area (Å²) in [6.45, 7) is 1.95. The number of pyridine rings is 1. The van der Waals surface area contributed by atoms with Gasteiger partial charge in [0, 0.05) is 30.9 Å². The van der Waals surface area contributed by atoms with Crippen LogP contribution in [0.1, 0.15) is 28.2 Å². The van der Waals surface area contributed by atoms with E-state index in [-0.39, 0.29) is 5.56 Å². The molecular weight excluding hydrogens is 384 g/mol. The molecule has 0 unspecified atom stereocenters. The maximum Gasteiger partial charge on any atom is 0.278 e. The maximum absolute atomic E-state index is 13.3. The summed E-state index contributed by atoms with van der Waals surface area (Å²) in [5.74, 6) is 0.670. The highest BCUT2D eigenvalue weighted by Crippen LogP contribution is 2.23. The minimum atomic E-state index is -0.0870. The van der Waals surface area contributed by atoms with Crippen molar-refractivity contribution in [3.05, 3.63) is 124 Å². The van der Waals surface area contributed by atoms with Gasteiger partial charge >= 0.3 is 0 Å². The molecule has 5 rings (SSSR count). The number of benzene rings is 2. The smallest absolute Gasteiger partial charge is 0.278 e. The Hall–Kier alpha value is -3.99. The van der Waals surface area contributed by atoms with Crippen molar-refractivity contribution in [1.82, 2.24) is 19.5 Å². The van der Waals surface area contributed by atoms with Gasteiger partial charge in [0.25, 0.3) is 5.56 Å². The molecule has 31 heavy (non-hydrogen) atoms. The van der Waals surface area contributed by atoms with Crippen LogP contribution in [0, 0.1) is 6.92 Å². The monoisotopic (exact) mass is 406 g/mol. The zero-order valence-corrected chi connectivity index (χ0v) is 17.2. The number of nitrogens with zero attached hydrogens (tertiary/aromatic N) is 3. The summed E-state index contributed by atoms with van der Waals surface area (Å²) in [4.78, 5) is 25.9. The van der Waals surface area contributed by atoms with Crippen LogP contribution in [0.4, 0.5) is 0 Å². The zero-order valence-electron chi connectivity index (χ0n) is 17.2. The molecule has 1 N–H and O–H groups in total. The van der Waals surface area contributed by atoms with E-state index in [1.807, 2.05) is 80.0 Å². The molecule has 5 nitrogen and oxygen atoms in total. The van der Waals surface area contributed by atoms with E-state index in [2.05, 4.69) is 22.1 Å². The third kappa shape index (κ3) is 3.90. The average Bonchev–Trinajstić information content (AvgIpc) is 3.12. The number of imidazole rings is 1. The third-order valence-corrected chi connectivity index (χ3v) is 5.40. The molecule has 3 aromatic rings. The van der Waals surface area contributed by atoms with E-state index >= 15 is 0 Å². The highest BCUT2D eigenvalue weighted by molar-refractivity contribution is 5.60. The highest BCUT2D eigenvalue weighted by atomic mass is 16.1. The first-order valence-electron chi connectivity index (χ1n) is 10.3. The van der Waals surface area contributed by atoms with Gasteiger partial charge in [0.2, 0.25) is 0 Å². The van der Waals surface area contributed by atoms with Crippen molar-refractivity contribution in [2.24, 2.45) is 0 Å². The van der Waals surface area contributed by atoms with Gasteiger partial charge in [-0.25, -0.2) is 4.98 Å². The molecule has 0 atom stereocenters. The van der Waals surface area contributed by atoms with E-state index in [1.54, 1.807) is 4.57 Å². The normalized spacial score (nSPS) is 11.1. The molecule has 0 saturated heterocycles. The summed E-state index contributed by atoms with van der Waals surface area (Å²) >= 11 is 0. The number of aryl methyl sites for hydroxylation is 1. The zero-order chi connectivity index (χ0) is 21.2. The number of hydrogen-bond donors (Lipinski definition) is 1. The predicted molar refractivity (Wildman–Crippen MR) is 122 cm³/mol. The molecule has 5 heteroatoms. The molecule has 152 valence electrons. The van der Waals surface area contributed by atoms with Crippen LogP contribution < -0.4 is 5.56 Å². The summed E-state index contributed by atoms with van der Waals surface area (Å²) in [5, 5.41) is 0. The fourth-order valence-electron chi connectivity index (χ4n) is 3.78. The fourth-order valence-corrected chi connectivity index (χ4v) is 3.78. The van der Waals surface area contributed by atoms with Crippen LogP contribution in [-0.4, -0.2) is 19.5 Å². The molecular formula is C26H22N4O. The first-order chi connectivity index (χ1) is 15.2. The largest absolute Gasteiger partial charge is 0.354 e. The van der Waals surface area contributed by atoms with Crippen LogP contribution in [-0.2, 0) is 12.8 Å². The molecule has 0 fully saturated rings. The van der Waals surface area contributed by atoms with Gasteiger partial charge in [-0.3, -0.25) is 14.3 Å². The topological polar surface area (TPSA) is 63.6 Å². The van der Waals surface area contributed by atoms with Gasteiger partial charge in [0.05, 0.1) is 11.4 Å². The lowest BCUT2D eigenvalue weighted by Gasteiger charge is -2.13. The van der Waals surface area contributed by atoms with Gasteiger partial charge in [-0.1, -0.05) is 66.7 Å². The second-order valence-electron chi connectivity index (χ2n) is 7.72. The average molecular weight is 406 g/mol. The third-order valence-electron chi connectivity index (χ3n) is 5.40. The van der Waals surface area contributed by atoms with Crippen molar-refractivity contribution in [3.63, 3.8) is 0 Å². The molecule has 0 bridgehead atoms.